The average molecular weight is 322 g/mol. The van der Waals surface area contributed by atoms with Crippen LogP contribution in [-0.2, 0) is 4.79 Å². The Morgan fingerprint density at radius 2 is 2.18 bits per heavy atom. The molecule has 0 aromatic carbocycles. The third kappa shape index (κ3) is 2.76. The van der Waals surface area contributed by atoms with Crippen molar-refractivity contribution in [3.8, 4) is 0 Å². The number of hydrogen-bond donors (Lipinski definition) is 1. The van der Waals surface area contributed by atoms with Crippen molar-refractivity contribution in [2.45, 2.75) is 31.9 Å². The van der Waals surface area contributed by atoms with Crippen molar-refractivity contribution >= 4 is 23.3 Å². The third-order valence-corrected chi connectivity index (χ3v) is 3.64. The second-order valence-electron chi connectivity index (χ2n) is 5.25. The first-order valence-electron chi connectivity index (χ1n) is 6.69. The highest BCUT2D eigenvalue weighted by Crippen LogP contribution is 2.54. The van der Waals surface area contributed by atoms with E-state index in [4.69, 9.17) is 11.6 Å². The number of carbonyl (C=O) groups excluding carboxylic acids is 1. The maximum absolute atomic E-state index is 14.7. The topological polar surface area (TPSA) is 80.7 Å². The number of amides is 1. The van der Waals surface area contributed by atoms with Crippen molar-refractivity contribution in [3.05, 3.63) is 40.8 Å². The molecule has 8 heteroatoms. The minimum absolute atomic E-state index is 0.0556. The Morgan fingerprint density at radius 3 is 2.86 bits per heavy atom. The molecular formula is C14H13ClFN5O. The van der Waals surface area contributed by atoms with Crippen molar-refractivity contribution in [2.75, 3.05) is 5.32 Å². The van der Waals surface area contributed by atoms with Crippen molar-refractivity contribution in [1.29, 1.82) is 0 Å². The van der Waals surface area contributed by atoms with E-state index in [1.54, 1.807) is 26.1 Å². The fraction of sp³-hybridized carbons (Fsp3) is 0.357. The zero-order chi connectivity index (χ0) is 15.9. The number of halogens is 2. The first-order valence-corrected chi connectivity index (χ1v) is 7.07. The van der Waals surface area contributed by atoms with Crippen LogP contribution in [0.4, 0.5) is 10.2 Å². The second kappa shape index (κ2) is 5.24. The smallest absolute Gasteiger partial charge is 0.264 e. The minimum Gasteiger partial charge on any atom is -0.308 e. The van der Waals surface area contributed by atoms with Crippen LogP contribution in [0.15, 0.2) is 18.3 Å². The summed E-state index contributed by atoms with van der Waals surface area (Å²) in [7, 11) is 0. The molecule has 6 nitrogen and oxygen atoms in total. The summed E-state index contributed by atoms with van der Waals surface area (Å²) in [5, 5.41) is 2.62. The van der Waals surface area contributed by atoms with Gasteiger partial charge >= 0.3 is 0 Å². The minimum atomic E-state index is -2.01. The van der Waals surface area contributed by atoms with Crippen LogP contribution in [0.3, 0.4) is 0 Å². The van der Waals surface area contributed by atoms with E-state index in [0.717, 1.165) is 5.69 Å². The van der Waals surface area contributed by atoms with E-state index in [9.17, 15) is 9.18 Å². The van der Waals surface area contributed by atoms with Crippen LogP contribution in [0.1, 0.15) is 29.7 Å². The molecule has 0 aliphatic heterocycles. The number of alkyl halides is 1. The summed E-state index contributed by atoms with van der Waals surface area (Å²) in [4.78, 5) is 28.2. The highest BCUT2D eigenvalue weighted by Gasteiger charge is 2.64. The number of rotatable bonds is 3. The normalized spacial score (nSPS) is 23.2. The monoisotopic (exact) mass is 321 g/mol. The van der Waals surface area contributed by atoms with Gasteiger partial charge in [0.15, 0.2) is 5.67 Å². The molecule has 1 N–H and O–H groups in total. The fourth-order valence-corrected chi connectivity index (χ4v) is 2.46. The molecule has 0 unspecified atom stereocenters. The Balaban J connectivity index is 1.76. The predicted molar refractivity (Wildman–Crippen MR) is 78.4 cm³/mol. The van der Waals surface area contributed by atoms with Gasteiger partial charge in [-0.3, -0.25) is 4.79 Å². The quantitative estimate of drug-likeness (QED) is 0.878. The molecule has 114 valence electrons. The van der Waals surface area contributed by atoms with Gasteiger partial charge in [0.25, 0.3) is 5.91 Å². The van der Waals surface area contributed by atoms with Crippen LogP contribution in [0.5, 0.6) is 0 Å². The highest BCUT2D eigenvalue weighted by molar-refractivity contribution is 6.29. The summed E-state index contributed by atoms with van der Waals surface area (Å²) in [6.07, 6.45) is 1.61. The SMILES string of the molecule is Cc1ccnc([C@H]2C[C@]2(F)C(=O)Nc2cc(Cl)nc(C)n2)n1. The summed E-state index contributed by atoms with van der Waals surface area (Å²) >= 11 is 5.79. The molecule has 22 heavy (non-hydrogen) atoms. The molecule has 2 aromatic rings. The molecule has 1 saturated carbocycles. The average Bonchev–Trinajstić information content (AvgIpc) is 3.11. The largest absolute Gasteiger partial charge is 0.308 e. The molecule has 2 aromatic heterocycles. The Kier molecular flexibility index (Phi) is 3.52. The van der Waals surface area contributed by atoms with Gasteiger partial charge in [-0.05, 0) is 19.9 Å². The van der Waals surface area contributed by atoms with Crippen LogP contribution in [0.2, 0.25) is 5.15 Å². The Labute approximate surface area is 131 Å². The number of aromatic nitrogens is 4. The zero-order valence-electron chi connectivity index (χ0n) is 12.0. The molecule has 3 rings (SSSR count). The van der Waals surface area contributed by atoms with E-state index in [1.165, 1.54) is 6.07 Å². The van der Waals surface area contributed by atoms with Gasteiger partial charge in [0.05, 0.1) is 5.92 Å². The molecule has 0 saturated heterocycles. The van der Waals surface area contributed by atoms with Crippen LogP contribution in [0, 0.1) is 13.8 Å². The van der Waals surface area contributed by atoms with Gasteiger partial charge < -0.3 is 5.32 Å². The Hall–Kier alpha value is -2.15. The Bertz CT molecular complexity index is 736. The number of aryl methyl sites for hydroxylation is 2. The Morgan fingerprint density at radius 1 is 1.41 bits per heavy atom. The molecule has 1 aliphatic rings. The van der Waals surface area contributed by atoms with E-state index in [2.05, 4.69) is 25.3 Å². The third-order valence-electron chi connectivity index (χ3n) is 3.44. The maximum Gasteiger partial charge on any atom is 0.264 e. The van der Waals surface area contributed by atoms with Crippen molar-refractivity contribution < 1.29 is 9.18 Å². The molecule has 1 amide bonds. The summed E-state index contributed by atoms with van der Waals surface area (Å²) in [6.45, 7) is 3.42. The van der Waals surface area contributed by atoms with Crippen molar-refractivity contribution in [2.24, 2.45) is 0 Å². The molecule has 1 aliphatic carbocycles. The van der Waals surface area contributed by atoms with Gasteiger partial charge in [-0.15, -0.1) is 0 Å². The molecule has 0 spiro atoms. The van der Waals surface area contributed by atoms with Crippen molar-refractivity contribution in [1.82, 2.24) is 19.9 Å². The summed E-state index contributed by atoms with van der Waals surface area (Å²) in [6, 6.07) is 3.09. The first kappa shape index (κ1) is 14.8. The maximum atomic E-state index is 14.7. The van der Waals surface area contributed by atoms with Crippen LogP contribution >= 0.6 is 11.6 Å². The fourth-order valence-electron chi connectivity index (χ4n) is 2.24. The summed E-state index contributed by atoms with van der Waals surface area (Å²) in [5.41, 5.74) is -1.28. The van der Waals surface area contributed by atoms with Gasteiger partial charge in [0.1, 0.15) is 22.6 Å². The lowest BCUT2D eigenvalue weighted by molar-refractivity contribution is -0.122. The van der Waals surface area contributed by atoms with Gasteiger partial charge in [-0.1, -0.05) is 11.6 Å². The van der Waals surface area contributed by atoms with E-state index < -0.39 is 17.5 Å². The lowest BCUT2D eigenvalue weighted by atomic mass is 10.2. The number of carbonyl (C=O) groups is 1. The van der Waals surface area contributed by atoms with Gasteiger partial charge in [-0.2, -0.15) is 0 Å². The lowest BCUT2D eigenvalue weighted by Crippen LogP contribution is -2.28. The van der Waals surface area contributed by atoms with Crippen molar-refractivity contribution in [3.63, 3.8) is 0 Å². The van der Waals surface area contributed by atoms with E-state index in [0.29, 0.717) is 11.6 Å². The van der Waals surface area contributed by atoms with Crippen LogP contribution < -0.4 is 5.32 Å². The van der Waals surface area contributed by atoms with E-state index >= 15 is 0 Å². The standard InChI is InChI=1S/C14H13ClFN5O/c1-7-3-4-17-12(18-7)9-6-14(9,16)13(22)21-11-5-10(15)19-8(2)20-11/h3-5,9H,6H2,1-2H3,(H,19,20,21,22)/t9-,14-/m1/s1. The van der Waals surface area contributed by atoms with Gasteiger partial charge in [-0.25, -0.2) is 24.3 Å². The summed E-state index contributed by atoms with van der Waals surface area (Å²) in [5.74, 6) is -0.488. The molecular weight excluding hydrogens is 309 g/mol. The molecule has 2 heterocycles. The van der Waals surface area contributed by atoms with E-state index in [1.807, 2.05) is 0 Å². The number of hydrogen-bond acceptors (Lipinski definition) is 5. The number of nitrogens with one attached hydrogen (secondary N) is 1. The second-order valence-corrected chi connectivity index (χ2v) is 5.64. The molecule has 1 fully saturated rings. The summed E-state index contributed by atoms with van der Waals surface area (Å²) < 4.78 is 14.7. The molecule has 0 radical (unpaired) electrons. The number of nitrogens with zero attached hydrogens (tertiary/aromatic N) is 4. The first-order chi connectivity index (χ1) is 10.4. The number of anilines is 1. The molecule has 0 bridgehead atoms. The van der Waals surface area contributed by atoms with Crippen LogP contribution in [-0.4, -0.2) is 31.5 Å². The zero-order valence-corrected chi connectivity index (χ0v) is 12.7. The predicted octanol–water partition coefficient (Wildman–Crippen LogP) is 2.37. The van der Waals surface area contributed by atoms with Crippen LogP contribution in [0.25, 0.3) is 0 Å². The van der Waals surface area contributed by atoms with E-state index in [-0.39, 0.29) is 17.4 Å². The van der Waals surface area contributed by atoms with Gasteiger partial charge in [0.2, 0.25) is 0 Å². The lowest BCUT2D eigenvalue weighted by Gasteiger charge is -2.09. The highest BCUT2D eigenvalue weighted by atomic mass is 35.5. The molecule has 2 atom stereocenters. The van der Waals surface area contributed by atoms with Gasteiger partial charge in [0, 0.05) is 24.4 Å².